The number of benzene rings is 3. The van der Waals surface area contributed by atoms with Crippen LogP contribution in [0.25, 0.3) is 57.9 Å². The third kappa shape index (κ3) is 4.97. The van der Waals surface area contributed by atoms with Crippen molar-refractivity contribution in [3.8, 4) is 30.3 Å². The van der Waals surface area contributed by atoms with E-state index < -0.39 is 79.0 Å². The molecule has 0 unspecified atom stereocenters. The highest BCUT2D eigenvalue weighted by Crippen LogP contribution is 2.59. The number of hydrogen-bond donors (Lipinski definition) is 0. The predicted octanol–water partition coefficient (Wildman–Crippen LogP) is 9.42. The molecule has 3 aromatic carbocycles. The number of allylic oxidation sites excluding steroid dienone is 5. The number of halogens is 3. The summed E-state index contributed by atoms with van der Waals surface area (Å²) in [6.07, 6.45) is -5.37. The maximum absolute atomic E-state index is 15.6. The van der Waals surface area contributed by atoms with E-state index in [0.29, 0.717) is 0 Å². The van der Waals surface area contributed by atoms with Gasteiger partial charge in [-0.05, 0) is 70.1 Å². The van der Waals surface area contributed by atoms with Crippen molar-refractivity contribution in [1.82, 2.24) is 0 Å². The molecule has 2 aliphatic carbocycles. The second-order valence-electron chi connectivity index (χ2n) is 10.6. The molecule has 13 heteroatoms. The Labute approximate surface area is 288 Å². The standard InChI is InChI=1S/C38H9F3N10/c1-18-28-30(25(15-44)21-7-19(13-42)9-23(11-21)47-2)26(16-45)27(17-46)31(28)34(38(39,40)41)32-29(18)36(50-5)37(51-6)33(32)35(49-4)22-8-20(14-43)10-24(12-22)48-3/h7-12H,1H3/b30-25-,35-33-. The lowest BCUT2D eigenvalue weighted by atomic mass is 9.82. The summed E-state index contributed by atoms with van der Waals surface area (Å²) < 4.78 is 46.9. The molecule has 51 heavy (non-hydrogen) atoms. The van der Waals surface area contributed by atoms with Gasteiger partial charge in [0, 0.05) is 22.3 Å². The average molecular weight is 663 g/mol. The fourth-order valence-corrected chi connectivity index (χ4v) is 6.21. The summed E-state index contributed by atoms with van der Waals surface area (Å²) in [7, 11) is 0. The average Bonchev–Trinajstić information content (AvgIpc) is 3.64. The van der Waals surface area contributed by atoms with Crippen molar-refractivity contribution in [3.63, 3.8) is 0 Å². The van der Waals surface area contributed by atoms with Crippen LogP contribution in [0.4, 0.5) is 24.5 Å². The van der Waals surface area contributed by atoms with E-state index in [9.17, 15) is 26.3 Å². The van der Waals surface area contributed by atoms with Crippen LogP contribution in [0.5, 0.6) is 0 Å². The second kappa shape index (κ2) is 12.5. The Morgan fingerprint density at radius 3 is 1.61 bits per heavy atom. The van der Waals surface area contributed by atoms with Gasteiger partial charge in [0.15, 0.2) is 22.8 Å². The minimum Gasteiger partial charge on any atom is -0.251 e. The lowest BCUT2D eigenvalue weighted by molar-refractivity contribution is -0.137. The molecule has 0 N–H and O–H groups in total. The van der Waals surface area contributed by atoms with Crippen LogP contribution in [-0.4, -0.2) is 0 Å². The van der Waals surface area contributed by atoms with E-state index in [1.54, 1.807) is 12.1 Å². The van der Waals surface area contributed by atoms with Crippen molar-refractivity contribution in [2.45, 2.75) is 13.1 Å². The molecule has 3 aromatic rings. The summed E-state index contributed by atoms with van der Waals surface area (Å²) in [5.74, 6) is 0. The Morgan fingerprint density at radius 1 is 0.608 bits per heavy atom. The van der Waals surface area contributed by atoms with Gasteiger partial charge in [-0.3, -0.25) is 4.85 Å². The first-order valence-corrected chi connectivity index (χ1v) is 13.9. The number of rotatable bonds is 2. The minimum absolute atomic E-state index is 0.0714. The fraction of sp³-hybridized carbons (Fsp3) is 0.0526. The van der Waals surface area contributed by atoms with Crippen molar-refractivity contribution in [1.29, 1.82) is 26.3 Å². The third-order valence-corrected chi connectivity index (χ3v) is 8.05. The number of fused-ring (bicyclic) bond motifs is 2. The molecule has 0 spiro atoms. The first-order chi connectivity index (χ1) is 24.4. The van der Waals surface area contributed by atoms with Crippen molar-refractivity contribution in [2.75, 3.05) is 0 Å². The summed E-state index contributed by atoms with van der Waals surface area (Å²) in [5.41, 5.74) is -9.48. The Bertz CT molecular complexity index is 2730. The van der Waals surface area contributed by atoms with E-state index in [1.165, 1.54) is 31.2 Å². The Kier molecular flexibility index (Phi) is 8.24. The Morgan fingerprint density at radius 2 is 1.16 bits per heavy atom. The highest BCUT2D eigenvalue weighted by Gasteiger charge is 2.48. The lowest BCUT2D eigenvalue weighted by Crippen LogP contribution is -2.15. The van der Waals surface area contributed by atoms with Crippen LogP contribution in [0.1, 0.15) is 55.6 Å². The molecule has 2 aliphatic rings. The van der Waals surface area contributed by atoms with Gasteiger partial charge < -0.3 is 0 Å². The van der Waals surface area contributed by atoms with E-state index >= 15 is 13.2 Å². The molecule has 0 bridgehead atoms. The molecule has 0 heterocycles. The van der Waals surface area contributed by atoms with Gasteiger partial charge in [-0.15, -0.1) is 0 Å². The molecule has 232 valence electrons. The number of alkyl halides is 3. The number of nitrogens with zero attached hydrogens (tertiary/aromatic N) is 10. The maximum atomic E-state index is 15.6. The van der Waals surface area contributed by atoms with E-state index in [2.05, 4.69) is 24.2 Å². The maximum Gasteiger partial charge on any atom is 0.417 e. The molecule has 0 aliphatic heterocycles. The first-order valence-electron chi connectivity index (χ1n) is 13.9. The smallest absolute Gasteiger partial charge is 0.251 e. The van der Waals surface area contributed by atoms with E-state index in [0.717, 1.165) is 12.1 Å². The van der Waals surface area contributed by atoms with E-state index in [-0.39, 0.29) is 39.2 Å². The summed E-state index contributed by atoms with van der Waals surface area (Å²) in [5, 5.41) is 50.2. The quantitative estimate of drug-likeness (QED) is 0.199. The van der Waals surface area contributed by atoms with Crippen LogP contribution in [0.3, 0.4) is 0 Å². The highest BCUT2D eigenvalue weighted by molar-refractivity contribution is 6.21. The molecule has 0 saturated heterocycles. The molecule has 0 fully saturated rings. The first kappa shape index (κ1) is 33.7. The normalized spacial score (nSPS) is 14.4. The Hall–Kier alpha value is -8.69. The van der Waals surface area contributed by atoms with Crippen LogP contribution in [0, 0.1) is 96.4 Å². The molecular weight excluding hydrogens is 653 g/mol. The van der Waals surface area contributed by atoms with Crippen LogP contribution in [0.2, 0.25) is 0 Å². The summed E-state index contributed by atoms with van der Waals surface area (Å²) in [6.45, 7) is 40.1. The van der Waals surface area contributed by atoms with Crippen LogP contribution >= 0.6 is 0 Å². The van der Waals surface area contributed by atoms with Crippen LogP contribution in [-0.2, 0) is 6.18 Å². The van der Waals surface area contributed by atoms with Crippen molar-refractivity contribution in [3.05, 3.63) is 160 Å². The highest BCUT2D eigenvalue weighted by atomic mass is 19.4. The molecule has 5 rings (SSSR count). The summed E-state index contributed by atoms with van der Waals surface area (Å²) in [6, 6.07) is 16.0. The van der Waals surface area contributed by atoms with E-state index in [4.69, 9.17) is 32.9 Å². The van der Waals surface area contributed by atoms with Crippen molar-refractivity contribution < 1.29 is 13.2 Å². The van der Waals surface area contributed by atoms with Gasteiger partial charge in [-0.1, -0.05) is 12.1 Å². The topological polar surface area (TPSA) is 141 Å². The van der Waals surface area contributed by atoms with Gasteiger partial charge in [0.2, 0.25) is 5.70 Å². The predicted molar refractivity (Wildman–Crippen MR) is 175 cm³/mol. The van der Waals surface area contributed by atoms with Crippen molar-refractivity contribution >= 4 is 45.1 Å². The molecule has 0 aromatic heterocycles. The number of hydrogen-bond acceptors (Lipinski definition) is 5. The SMILES string of the molecule is [C-]#[N+]C1=C([N+]#[C-])c2c(C)c3c(c(C(F)(F)F)c2/C1=C(/[N+]#[C-])c1cc(C#N)cc([N+]#[C-])c1)C(C#N)=C(C#N)/C3=C(\C#N)c1cc(C#N)cc([N+]#[C-])c1. The zero-order valence-electron chi connectivity index (χ0n) is 25.6. The van der Waals surface area contributed by atoms with Gasteiger partial charge in [-0.2, -0.15) is 39.5 Å². The zero-order valence-corrected chi connectivity index (χ0v) is 25.6. The number of nitriles is 5. The molecule has 0 radical (unpaired) electrons. The lowest BCUT2D eigenvalue weighted by Gasteiger charge is -2.23. The summed E-state index contributed by atoms with van der Waals surface area (Å²) in [4.78, 5) is 16.8. The molecular formula is C38H9F3N10. The fourth-order valence-electron chi connectivity index (χ4n) is 6.21. The molecule has 0 saturated carbocycles. The molecule has 0 atom stereocenters. The molecule has 0 amide bonds. The zero-order chi connectivity index (χ0) is 37.4. The molecule has 10 nitrogen and oxygen atoms in total. The summed E-state index contributed by atoms with van der Waals surface area (Å²) >= 11 is 0. The Balaban J connectivity index is 2.13. The largest absolute Gasteiger partial charge is 0.417 e. The van der Waals surface area contributed by atoms with E-state index in [1.807, 2.05) is 18.2 Å². The van der Waals surface area contributed by atoms with Gasteiger partial charge in [0.1, 0.15) is 18.2 Å². The second-order valence-corrected chi connectivity index (χ2v) is 10.6. The third-order valence-electron chi connectivity index (χ3n) is 8.05. The monoisotopic (exact) mass is 662 g/mol. The van der Waals surface area contributed by atoms with Gasteiger partial charge in [0.25, 0.3) is 0 Å². The van der Waals surface area contributed by atoms with Crippen LogP contribution in [0.15, 0.2) is 47.7 Å². The van der Waals surface area contributed by atoms with Crippen LogP contribution < -0.4 is 0 Å². The van der Waals surface area contributed by atoms with Crippen molar-refractivity contribution in [2.24, 2.45) is 0 Å². The van der Waals surface area contributed by atoms with Gasteiger partial charge in [-0.25, -0.2) is 19.4 Å². The van der Waals surface area contributed by atoms with Gasteiger partial charge in [0.05, 0.1) is 67.3 Å². The minimum atomic E-state index is -5.37. The van der Waals surface area contributed by atoms with Gasteiger partial charge >= 0.3 is 6.18 Å².